The number of nitrogens with zero attached hydrogens (tertiary/aromatic N) is 3. The molecule has 2 heterocycles. The summed E-state index contributed by atoms with van der Waals surface area (Å²) < 4.78 is 0. The number of para-hydroxylation sites is 1. The first kappa shape index (κ1) is 26.4. The number of carbonyl (C=O) groups excluding carboxylic acids is 3. The molecule has 2 N–H and O–H groups in total. The van der Waals surface area contributed by atoms with Gasteiger partial charge in [-0.15, -0.1) is 0 Å². The molecule has 198 valence electrons. The summed E-state index contributed by atoms with van der Waals surface area (Å²) in [5, 5.41) is 5.74. The highest BCUT2D eigenvalue weighted by Gasteiger charge is 2.43. The van der Waals surface area contributed by atoms with Crippen molar-refractivity contribution in [2.24, 2.45) is 9.98 Å². The van der Waals surface area contributed by atoms with Crippen LogP contribution in [0.15, 0.2) is 88.8 Å². The van der Waals surface area contributed by atoms with Crippen LogP contribution in [0.3, 0.4) is 0 Å². The van der Waals surface area contributed by atoms with E-state index in [0.29, 0.717) is 29.7 Å². The molecular formula is C30H29N5O3S. The Kier molecular flexibility index (Phi) is 7.88. The molecule has 0 radical (unpaired) electrons. The molecule has 9 heteroatoms. The van der Waals surface area contributed by atoms with Gasteiger partial charge in [0.15, 0.2) is 5.17 Å². The Hall–Kier alpha value is -4.24. The fraction of sp³-hybridized carbons (Fsp3) is 0.233. The fourth-order valence-electron chi connectivity index (χ4n) is 4.45. The lowest BCUT2D eigenvalue weighted by Crippen LogP contribution is -2.43. The second-order valence-corrected chi connectivity index (χ2v) is 10.6. The second-order valence-electron chi connectivity index (χ2n) is 9.39. The molecule has 5 rings (SSSR count). The predicted molar refractivity (Wildman–Crippen MR) is 155 cm³/mol. The Labute approximate surface area is 231 Å². The largest absolute Gasteiger partial charge is 0.352 e. The maximum absolute atomic E-state index is 13.6. The third-order valence-corrected chi connectivity index (χ3v) is 7.77. The molecule has 2 unspecified atom stereocenters. The summed E-state index contributed by atoms with van der Waals surface area (Å²) in [6, 6.07) is 23.8. The maximum Gasteiger partial charge on any atom is 0.259 e. The number of hydrogen-bond acceptors (Lipinski definition) is 6. The molecule has 0 aromatic heterocycles. The van der Waals surface area contributed by atoms with Gasteiger partial charge in [0.2, 0.25) is 11.8 Å². The van der Waals surface area contributed by atoms with Crippen LogP contribution in [0.25, 0.3) is 0 Å². The number of anilines is 1. The zero-order chi connectivity index (χ0) is 27.4. The monoisotopic (exact) mass is 539 g/mol. The van der Waals surface area contributed by atoms with Gasteiger partial charge >= 0.3 is 0 Å². The number of benzene rings is 3. The molecule has 0 fully saturated rings. The first-order valence-electron chi connectivity index (χ1n) is 12.9. The summed E-state index contributed by atoms with van der Waals surface area (Å²) >= 11 is 1.23. The van der Waals surface area contributed by atoms with Crippen LogP contribution in [0, 0.1) is 6.92 Å². The van der Waals surface area contributed by atoms with E-state index >= 15 is 0 Å². The number of aryl methyl sites for hydroxylation is 1. The molecule has 0 spiro atoms. The molecule has 39 heavy (non-hydrogen) atoms. The lowest BCUT2D eigenvalue weighted by Gasteiger charge is -2.27. The first-order valence-corrected chi connectivity index (χ1v) is 13.8. The van der Waals surface area contributed by atoms with E-state index in [0.717, 1.165) is 22.4 Å². The van der Waals surface area contributed by atoms with Crippen LogP contribution in [-0.2, 0) is 20.9 Å². The van der Waals surface area contributed by atoms with Crippen molar-refractivity contribution in [3.05, 3.63) is 95.6 Å². The van der Waals surface area contributed by atoms with E-state index < -0.39 is 11.3 Å². The van der Waals surface area contributed by atoms with Gasteiger partial charge in [0, 0.05) is 17.8 Å². The van der Waals surface area contributed by atoms with Gasteiger partial charge in [-0.2, -0.15) is 0 Å². The number of rotatable bonds is 8. The van der Waals surface area contributed by atoms with E-state index in [-0.39, 0.29) is 24.1 Å². The maximum atomic E-state index is 13.6. The van der Waals surface area contributed by atoms with Crippen molar-refractivity contribution in [3.63, 3.8) is 0 Å². The molecule has 8 nitrogen and oxygen atoms in total. The molecule has 0 saturated carbocycles. The number of amidine groups is 2. The van der Waals surface area contributed by atoms with Crippen molar-refractivity contribution in [3.8, 4) is 0 Å². The average molecular weight is 540 g/mol. The van der Waals surface area contributed by atoms with Gasteiger partial charge in [0.05, 0.1) is 17.4 Å². The number of thioether (sulfide) groups is 1. The standard InChI is InChI=1S/C30H29N5O3S/c1-3-25(28(37)32-21-13-9-10-19(2)16-21)39-30-34-23-15-8-7-14-22(23)27-33-24(29(38)35(27)30)17-26(36)31-18-20-11-5-4-6-12-20/h4-16,24-25H,3,17-18H2,1-2H3,(H,31,36)(H,32,37). The molecular weight excluding hydrogens is 510 g/mol. The third kappa shape index (κ3) is 5.93. The summed E-state index contributed by atoms with van der Waals surface area (Å²) in [7, 11) is 0. The average Bonchev–Trinajstić information content (AvgIpc) is 3.27. The zero-order valence-electron chi connectivity index (χ0n) is 21.8. The summed E-state index contributed by atoms with van der Waals surface area (Å²) in [5.74, 6) is -0.293. The minimum absolute atomic E-state index is 0.0726. The zero-order valence-corrected chi connectivity index (χ0v) is 22.6. The Balaban J connectivity index is 1.34. The van der Waals surface area contributed by atoms with Crippen molar-refractivity contribution >= 4 is 51.9 Å². The van der Waals surface area contributed by atoms with Crippen molar-refractivity contribution in [1.82, 2.24) is 10.2 Å². The van der Waals surface area contributed by atoms with Crippen molar-refractivity contribution < 1.29 is 14.4 Å². The molecule has 0 bridgehead atoms. The molecule has 3 aromatic rings. The van der Waals surface area contributed by atoms with Crippen LogP contribution in [-0.4, -0.2) is 44.9 Å². The lowest BCUT2D eigenvalue weighted by molar-refractivity contribution is -0.128. The summed E-state index contributed by atoms with van der Waals surface area (Å²) in [6.07, 6.45) is 0.458. The molecule has 0 aliphatic carbocycles. The van der Waals surface area contributed by atoms with Crippen molar-refractivity contribution in [1.29, 1.82) is 0 Å². The highest BCUT2D eigenvalue weighted by Crippen LogP contribution is 2.35. The number of fused-ring (bicyclic) bond motifs is 3. The molecule has 0 saturated heterocycles. The predicted octanol–water partition coefficient (Wildman–Crippen LogP) is 4.81. The minimum atomic E-state index is -0.867. The van der Waals surface area contributed by atoms with Gasteiger partial charge in [-0.3, -0.25) is 19.4 Å². The molecule has 3 aromatic carbocycles. The van der Waals surface area contributed by atoms with E-state index in [9.17, 15) is 14.4 Å². The van der Waals surface area contributed by atoms with Crippen molar-refractivity contribution in [2.45, 2.75) is 44.5 Å². The molecule has 2 atom stereocenters. The third-order valence-electron chi connectivity index (χ3n) is 6.46. The highest BCUT2D eigenvalue weighted by molar-refractivity contribution is 8.15. The number of aliphatic imine (C=N–C) groups is 2. The number of nitrogens with one attached hydrogen (secondary N) is 2. The van der Waals surface area contributed by atoms with Crippen LogP contribution >= 0.6 is 11.8 Å². The summed E-state index contributed by atoms with van der Waals surface area (Å²) in [6.45, 7) is 4.26. The Morgan fingerprint density at radius 3 is 2.56 bits per heavy atom. The van der Waals surface area contributed by atoms with Gasteiger partial charge in [-0.1, -0.05) is 73.3 Å². The topological polar surface area (TPSA) is 103 Å². The van der Waals surface area contributed by atoms with E-state index in [4.69, 9.17) is 4.99 Å². The van der Waals surface area contributed by atoms with E-state index in [1.54, 1.807) is 0 Å². The van der Waals surface area contributed by atoms with Gasteiger partial charge in [-0.05, 0) is 48.7 Å². The van der Waals surface area contributed by atoms with Crippen LogP contribution in [0.1, 0.15) is 36.5 Å². The van der Waals surface area contributed by atoms with Gasteiger partial charge in [-0.25, -0.2) is 9.89 Å². The van der Waals surface area contributed by atoms with Crippen molar-refractivity contribution in [2.75, 3.05) is 5.32 Å². The Bertz CT molecular complexity index is 1470. The highest BCUT2D eigenvalue weighted by atomic mass is 32.2. The summed E-state index contributed by atoms with van der Waals surface area (Å²) in [4.78, 5) is 50.3. The van der Waals surface area contributed by atoms with E-state index in [1.807, 2.05) is 92.7 Å². The molecule has 3 amide bonds. The minimum Gasteiger partial charge on any atom is -0.352 e. The number of carbonyl (C=O) groups is 3. The molecule has 2 aliphatic rings. The van der Waals surface area contributed by atoms with Crippen LogP contribution in [0.4, 0.5) is 11.4 Å². The molecule has 2 aliphatic heterocycles. The normalized spacial score (nSPS) is 16.5. The first-order chi connectivity index (χ1) is 18.9. The van der Waals surface area contributed by atoms with Gasteiger partial charge < -0.3 is 10.6 Å². The summed E-state index contributed by atoms with van der Waals surface area (Å²) in [5.41, 5.74) is 4.13. The lowest BCUT2D eigenvalue weighted by atomic mass is 10.1. The van der Waals surface area contributed by atoms with Crippen LogP contribution < -0.4 is 10.6 Å². The Morgan fingerprint density at radius 1 is 1.03 bits per heavy atom. The second kappa shape index (κ2) is 11.7. The Morgan fingerprint density at radius 2 is 1.79 bits per heavy atom. The quantitative estimate of drug-likeness (QED) is 0.429. The van der Waals surface area contributed by atoms with Gasteiger partial charge in [0.25, 0.3) is 5.91 Å². The smallest absolute Gasteiger partial charge is 0.259 e. The van der Waals surface area contributed by atoms with Crippen LogP contribution in [0.5, 0.6) is 0 Å². The van der Waals surface area contributed by atoms with E-state index in [1.165, 1.54) is 16.7 Å². The number of hydrogen-bond donors (Lipinski definition) is 2. The fourth-order valence-corrected chi connectivity index (χ4v) is 5.47. The van der Waals surface area contributed by atoms with E-state index in [2.05, 4.69) is 15.6 Å². The van der Waals surface area contributed by atoms with Crippen LogP contribution in [0.2, 0.25) is 0 Å². The SMILES string of the molecule is CCC(SC1=Nc2ccccc2C2=NC(CC(=O)NCc3ccccc3)C(=O)N12)C(=O)Nc1cccc(C)c1. The van der Waals surface area contributed by atoms with Gasteiger partial charge in [0.1, 0.15) is 11.9 Å². The number of amides is 3.